The van der Waals surface area contributed by atoms with E-state index in [0.29, 0.717) is 0 Å². The smallest absolute Gasteiger partial charge is 0.163 e. The number of halogens is 1. The standard InChI is InChI=1S/C18H22O4.C2H7N.ClH/c1-19-15-10-13(11-16(12-15)20-2)8-9-14-6-5-7-17(21-3)18(14)22-4;1-2-3;/h5-7,10-12H,8-9H2,1-4H3;2-3H2,1H3;1H. The molecule has 2 aromatic carbocycles. The molecule has 26 heavy (non-hydrogen) atoms. The molecule has 0 bridgehead atoms. The lowest BCUT2D eigenvalue weighted by molar-refractivity contribution is 0.351. The minimum absolute atomic E-state index is 0. The second-order valence-electron chi connectivity index (χ2n) is 5.28. The van der Waals surface area contributed by atoms with Gasteiger partial charge in [0.05, 0.1) is 28.4 Å². The highest BCUT2D eigenvalue weighted by Gasteiger charge is 2.10. The lowest BCUT2D eigenvalue weighted by Crippen LogP contribution is -1.99. The Bertz CT molecular complexity index is 627. The lowest BCUT2D eigenvalue weighted by atomic mass is 10.0. The third-order valence-electron chi connectivity index (χ3n) is 3.58. The van der Waals surface area contributed by atoms with Crippen LogP contribution in [0.1, 0.15) is 18.1 Å². The zero-order valence-electron chi connectivity index (χ0n) is 16.2. The van der Waals surface area contributed by atoms with E-state index in [0.717, 1.165) is 53.5 Å². The van der Waals surface area contributed by atoms with Gasteiger partial charge in [-0.2, -0.15) is 0 Å². The Kier molecular flexibility index (Phi) is 12.1. The van der Waals surface area contributed by atoms with Crippen LogP contribution in [0.3, 0.4) is 0 Å². The van der Waals surface area contributed by atoms with Crippen LogP contribution in [-0.2, 0) is 12.8 Å². The summed E-state index contributed by atoms with van der Waals surface area (Å²) in [6, 6.07) is 11.8. The van der Waals surface area contributed by atoms with Crippen molar-refractivity contribution in [1.29, 1.82) is 0 Å². The minimum atomic E-state index is 0. The largest absolute Gasteiger partial charge is 0.497 e. The highest BCUT2D eigenvalue weighted by molar-refractivity contribution is 5.85. The Balaban J connectivity index is 0.00000146. The number of rotatable bonds is 7. The Hall–Kier alpha value is -2.11. The zero-order valence-corrected chi connectivity index (χ0v) is 17.0. The molecule has 6 heteroatoms. The van der Waals surface area contributed by atoms with Gasteiger partial charge in [0.1, 0.15) is 11.5 Å². The van der Waals surface area contributed by atoms with Gasteiger partial charge in [-0.05, 0) is 48.7 Å². The first-order chi connectivity index (χ1) is 12.1. The number of hydrogen-bond acceptors (Lipinski definition) is 5. The maximum Gasteiger partial charge on any atom is 0.163 e. The molecule has 0 spiro atoms. The summed E-state index contributed by atoms with van der Waals surface area (Å²) in [5.41, 5.74) is 7.12. The highest BCUT2D eigenvalue weighted by Crippen LogP contribution is 2.32. The molecule has 0 aromatic heterocycles. The number of aryl methyl sites for hydroxylation is 2. The summed E-state index contributed by atoms with van der Waals surface area (Å²) in [7, 11) is 6.62. The topological polar surface area (TPSA) is 62.9 Å². The van der Waals surface area contributed by atoms with Gasteiger partial charge in [-0.1, -0.05) is 19.1 Å². The summed E-state index contributed by atoms with van der Waals surface area (Å²) in [5.74, 6) is 3.14. The van der Waals surface area contributed by atoms with Gasteiger partial charge in [-0.3, -0.25) is 0 Å². The molecule has 0 aliphatic heterocycles. The van der Waals surface area contributed by atoms with Crippen LogP contribution in [0, 0.1) is 0 Å². The number of para-hydroxylation sites is 1. The summed E-state index contributed by atoms with van der Waals surface area (Å²) in [5, 5.41) is 0. The van der Waals surface area contributed by atoms with Crippen molar-refractivity contribution < 1.29 is 18.9 Å². The minimum Gasteiger partial charge on any atom is -0.497 e. The molecule has 2 N–H and O–H groups in total. The highest BCUT2D eigenvalue weighted by atomic mass is 35.5. The van der Waals surface area contributed by atoms with E-state index in [2.05, 4.69) is 6.07 Å². The quantitative estimate of drug-likeness (QED) is 0.785. The molecule has 0 aliphatic carbocycles. The predicted molar refractivity (Wildman–Crippen MR) is 108 cm³/mol. The van der Waals surface area contributed by atoms with Crippen LogP contribution >= 0.6 is 12.4 Å². The number of methoxy groups -OCH3 is 4. The van der Waals surface area contributed by atoms with E-state index in [1.807, 2.05) is 37.3 Å². The van der Waals surface area contributed by atoms with Gasteiger partial charge in [0.15, 0.2) is 11.5 Å². The first kappa shape index (κ1) is 23.9. The van der Waals surface area contributed by atoms with Crippen LogP contribution in [0.15, 0.2) is 36.4 Å². The second-order valence-corrected chi connectivity index (χ2v) is 5.28. The average molecular weight is 384 g/mol. The molecule has 0 atom stereocenters. The normalized spacial score (nSPS) is 9.31. The molecule has 0 radical (unpaired) electrons. The summed E-state index contributed by atoms with van der Waals surface area (Å²) < 4.78 is 21.4. The fourth-order valence-corrected chi connectivity index (χ4v) is 2.44. The van der Waals surface area contributed by atoms with Crippen LogP contribution in [0.2, 0.25) is 0 Å². The fourth-order valence-electron chi connectivity index (χ4n) is 2.44. The van der Waals surface area contributed by atoms with Gasteiger partial charge in [0.25, 0.3) is 0 Å². The first-order valence-electron chi connectivity index (χ1n) is 8.25. The van der Waals surface area contributed by atoms with Gasteiger partial charge < -0.3 is 24.7 Å². The maximum absolute atomic E-state index is 5.47. The van der Waals surface area contributed by atoms with Crippen molar-refractivity contribution in [3.63, 3.8) is 0 Å². The summed E-state index contributed by atoms with van der Waals surface area (Å²) in [4.78, 5) is 0. The van der Waals surface area contributed by atoms with E-state index >= 15 is 0 Å². The molecular formula is C20H30ClNO4. The average Bonchev–Trinajstić information content (AvgIpc) is 2.66. The molecular weight excluding hydrogens is 354 g/mol. The fraction of sp³-hybridized carbons (Fsp3) is 0.400. The van der Waals surface area contributed by atoms with Crippen molar-refractivity contribution >= 4 is 12.4 Å². The van der Waals surface area contributed by atoms with Crippen molar-refractivity contribution in [2.45, 2.75) is 19.8 Å². The number of hydrogen-bond donors (Lipinski definition) is 1. The van der Waals surface area contributed by atoms with Crippen molar-refractivity contribution in [2.75, 3.05) is 35.0 Å². The molecule has 0 saturated heterocycles. The van der Waals surface area contributed by atoms with Gasteiger partial charge in [0, 0.05) is 6.07 Å². The van der Waals surface area contributed by atoms with E-state index < -0.39 is 0 Å². The molecule has 0 fully saturated rings. The molecule has 0 aliphatic rings. The Morgan fingerprint density at radius 1 is 0.808 bits per heavy atom. The molecule has 2 aromatic rings. The second kappa shape index (κ2) is 13.1. The van der Waals surface area contributed by atoms with Crippen LogP contribution in [0.25, 0.3) is 0 Å². The molecule has 2 rings (SSSR count). The van der Waals surface area contributed by atoms with Crippen LogP contribution < -0.4 is 24.7 Å². The van der Waals surface area contributed by atoms with Gasteiger partial charge >= 0.3 is 0 Å². The van der Waals surface area contributed by atoms with Crippen LogP contribution in [-0.4, -0.2) is 35.0 Å². The van der Waals surface area contributed by atoms with Gasteiger partial charge in [0.2, 0.25) is 0 Å². The van der Waals surface area contributed by atoms with Crippen molar-refractivity contribution in [3.05, 3.63) is 47.5 Å². The first-order valence-corrected chi connectivity index (χ1v) is 8.25. The van der Waals surface area contributed by atoms with E-state index in [1.165, 1.54) is 0 Å². The predicted octanol–water partition coefficient (Wildman–Crippen LogP) is 3.89. The molecule has 0 heterocycles. The number of benzene rings is 2. The Morgan fingerprint density at radius 2 is 1.38 bits per heavy atom. The van der Waals surface area contributed by atoms with Crippen molar-refractivity contribution in [2.24, 2.45) is 5.73 Å². The van der Waals surface area contributed by atoms with E-state index in [-0.39, 0.29) is 12.4 Å². The monoisotopic (exact) mass is 383 g/mol. The molecule has 0 amide bonds. The molecule has 146 valence electrons. The lowest BCUT2D eigenvalue weighted by Gasteiger charge is -2.13. The zero-order chi connectivity index (χ0) is 18.7. The summed E-state index contributed by atoms with van der Waals surface area (Å²) in [6.45, 7) is 2.65. The van der Waals surface area contributed by atoms with E-state index in [4.69, 9.17) is 24.7 Å². The summed E-state index contributed by atoms with van der Waals surface area (Å²) in [6.07, 6.45) is 1.70. The third-order valence-corrected chi connectivity index (χ3v) is 3.58. The molecule has 0 saturated carbocycles. The van der Waals surface area contributed by atoms with Crippen LogP contribution in [0.4, 0.5) is 0 Å². The SMILES string of the molecule is CCN.COc1cc(CCc2cccc(OC)c2OC)cc(OC)c1.Cl. The third kappa shape index (κ3) is 7.02. The van der Waals surface area contributed by atoms with E-state index in [9.17, 15) is 0 Å². The molecule has 5 nitrogen and oxygen atoms in total. The summed E-state index contributed by atoms with van der Waals surface area (Å²) >= 11 is 0. The molecule has 0 unspecified atom stereocenters. The number of ether oxygens (including phenoxy) is 4. The van der Waals surface area contributed by atoms with Crippen LogP contribution in [0.5, 0.6) is 23.0 Å². The number of nitrogens with two attached hydrogens (primary N) is 1. The van der Waals surface area contributed by atoms with E-state index in [1.54, 1.807) is 28.4 Å². The van der Waals surface area contributed by atoms with Crippen molar-refractivity contribution in [3.8, 4) is 23.0 Å². The van der Waals surface area contributed by atoms with Crippen molar-refractivity contribution in [1.82, 2.24) is 0 Å². The Morgan fingerprint density at radius 3 is 1.85 bits per heavy atom. The Labute approximate surface area is 162 Å². The van der Waals surface area contributed by atoms with Gasteiger partial charge in [-0.25, -0.2) is 0 Å². The van der Waals surface area contributed by atoms with Gasteiger partial charge in [-0.15, -0.1) is 12.4 Å². The maximum atomic E-state index is 5.47.